The highest BCUT2D eigenvalue weighted by molar-refractivity contribution is 7.89. The topological polar surface area (TPSA) is 95.6 Å². The monoisotopic (exact) mass is 327 g/mol. The van der Waals surface area contributed by atoms with Crippen LogP contribution in [0.2, 0.25) is 0 Å². The molecule has 22 heavy (non-hydrogen) atoms. The second-order valence-corrected chi connectivity index (χ2v) is 7.57. The van der Waals surface area contributed by atoms with Gasteiger partial charge in [0.25, 0.3) is 5.91 Å². The predicted molar refractivity (Wildman–Crippen MR) is 82.4 cm³/mol. The number of carbonyl (C=O) groups is 2. The Bertz CT molecular complexity index is 654. The molecule has 0 aliphatic rings. The number of benzene rings is 1. The lowest BCUT2D eigenvalue weighted by atomic mass is 10.1. The molecule has 1 rings (SSSR count). The Labute approximate surface area is 130 Å². The molecule has 0 fully saturated rings. The zero-order valence-electron chi connectivity index (χ0n) is 13.1. The van der Waals surface area contributed by atoms with Crippen molar-refractivity contribution in [1.82, 2.24) is 15.2 Å². The first kappa shape index (κ1) is 18.1. The van der Waals surface area contributed by atoms with Crippen LogP contribution in [0.25, 0.3) is 0 Å². The van der Waals surface area contributed by atoms with Crippen molar-refractivity contribution < 1.29 is 18.0 Å². The Hall–Kier alpha value is -1.93. The maximum absolute atomic E-state index is 12.0. The molecule has 2 amide bonds. The molecule has 7 nitrogen and oxygen atoms in total. The van der Waals surface area contributed by atoms with Gasteiger partial charge in [-0.1, -0.05) is 19.9 Å². The Morgan fingerprint density at radius 2 is 1.82 bits per heavy atom. The molecule has 0 aromatic heterocycles. The highest BCUT2D eigenvalue weighted by atomic mass is 32.2. The summed E-state index contributed by atoms with van der Waals surface area (Å²) in [7, 11) is -0.792. The average Bonchev–Trinajstić information content (AvgIpc) is 2.44. The van der Waals surface area contributed by atoms with Crippen molar-refractivity contribution in [2.75, 3.05) is 14.1 Å². The van der Waals surface area contributed by atoms with Crippen LogP contribution in [-0.2, 0) is 14.8 Å². The largest absolute Gasteiger partial charge is 0.273 e. The van der Waals surface area contributed by atoms with Crippen molar-refractivity contribution in [3.8, 4) is 0 Å². The molecule has 0 heterocycles. The molecule has 1 aromatic carbocycles. The maximum atomic E-state index is 12.0. The van der Waals surface area contributed by atoms with Gasteiger partial charge in [0.2, 0.25) is 15.9 Å². The van der Waals surface area contributed by atoms with Crippen molar-refractivity contribution in [3.05, 3.63) is 29.8 Å². The number of sulfonamides is 1. The van der Waals surface area contributed by atoms with Crippen LogP contribution < -0.4 is 10.9 Å². The molecule has 0 aliphatic carbocycles. The number of hydrogen-bond donors (Lipinski definition) is 2. The molecule has 0 saturated heterocycles. The summed E-state index contributed by atoms with van der Waals surface area (Å²) in [6, 6.07) is 5.61. The van der Waals surface area contributed by atoms with Gasteiger partial charge in [0.1, 0.15) is 0 Å². The van der Waals surface area contributed by atoms with E-state index < -0.39 is 15.9 Å². The van der Waals surface area contributed by atoms with E-state index in [1.54, 1.807) is 0 Å². The maximum Gasteiger partial charge on any atom is 0.269 e. The molecular weight excluding hydrogens is 306 g/mol. The van der Waals surface area contributed by atoms with Gasteiger partial charge >= 0.3 is 0 Å². The summed E-state index contributed by atoms with van der Waals surface area (Å²) in [5.41, 5.74) is 4.71. The molecule has 0 unspecified atom stereocenters. The molecule has 0 spiro atoms. The fourth-order valence-corrected chi connectivity index (χ4v) is 2.58. The SMILES string of the molecule is CC(C)CC(=O)NNC(=O)c1cccc(S(=O)(=O)N(C)C)c1. The van der Waals surface area contributed by atoms with Crippen LogP contribution in [0.4, 0.5) is 0 Å². The fourth-order valence-electron chi connectivity index (χ4n) is 1.63. The van der Waals surface area contributed by atoms with Crippen LogP contribution in [-0.4, -0.2) is 38.6 Å². The van der Waals surface area contributed by atoms with Crippen molar-refractivity contribution in [1.29, 1.82) is 0 Å². The van der Waals surface area contributed by atoms with E-state index in [-0.39, 0.29) is 28.7 Å². The molecule has 2 N–H and O–H groups in total. The third-order valence-electron chi connectivity index (χ3n) is 2.78. The summed E-state index contributed by atoms with van der Waals surface area (Å²) in [5.74, 6) is -0.709. The third-order valence-corrected chi connectivity index (χ3v) is 4.59. The van der Waals surface area contributed by atoms with Gasteiger partial charge in [-0.3, -0.25) is 20.4 Å². The first-order valence-corrected chi connectivity index (χ1v) is 8.20. The van der Waals surface area contributed by atoms with E-state index in [0.717, 1.165) is 4.31 Å². The van der Waals surface area contributed by atoms with E-state index in [1.165, 1.54) is 38.4 Å². The summed E-state index contributed by atoms with van der Waals surface area (Å²) >= 11 is 0. The molecule has 0 saturated carbocycles. The van der Waals surface area contributed by atoms with E-state index in [1.807, 2.05) is 13.8 Å². The van der Waals surface area contributed by atoms with E-state index in [2.05, 4.69) is 10.9 Å². The molecular formula is C14H21N3O4S. The lowest BCUT2D eigenvalue weighted by Crippen LogP contribution is -2.42. The van der Waals surface area contributed by atoms with Gasteiger partial charge in [-0.2, -0.15) is 0 Å². The van der Waals surface area contributed by atoms with Gasteiger partial charge < -0.3 is 0 Å². The van der Waals surface area contributed by atoms with E-state index >= 15 is 0 Å². The second-order valence-electron chi connectivity index (χ2n) is 5.42. The molecule has 122 valence electrons. The molecule has 0 atom stereocenters. The molecule has 0 radical (unpaired) electrons. The quantitative estimate of drug-likeness (QED) is 0.780. The van der Waals surface area contributed by atoms with E-state index in [0.29, 0.717) is 0 Å². The zero-order chi connectivity index (χ0) is 16.9. The van der Waals surface area contributed by atoms with Crippen molar-refractivity contribution in [2.45, 2.75) is 25.2 Å². The van der Waals surface area contributed by atoms with Gasteiger partial charge in [0.05, 0.1) is 4.90 Å². The van der Waals surface area contributed by atoms with Crippen molar-refractivity contribution >= 4 is 21.8 Å². The summed E-state index contributed by atoms with van der Waals surface area (Å²) in [6.45, 7) is 3.77. The third kappa shape index (κ3) is 4.81. The Balaban J connectivity index is 2.82. The van der Waals surface area contributed by atoms with Gasteiger partial charge in [-0.05, 0) is 24.1 Å². The second kappa shape index (κ2) is 7.37. The van der Waals surface area contributed by atoms with Crippen molar-refractivity contribution in [3.63, 3.8) is 0 Å². The van der Waals surface area contributed by atoms with Crippen LogP contribution in [0.1, 0.15) is 30.6 Å². The average molecular weight is 327 g/mol. The number of hydrogen-bond acceptors (Lipinski definition) is 4. The number of rotatable bonds is 5. The number of nitrogens with one attached hydrogen (secondary N) is 2. The Kier molecular flexibility index (Phi) is 6.07. The standard InChI is InChI=1S/C14H21N3O4S/c1-10(2)8-13(18)15-16-14(19)11-6-5-7-12(9-11)22(20,21)17(3)4/h5-7,9-10H,8H2,1-4H3,(H,15,18)(H,16,19). The number of nitrogens with zero attached hydrogens (tertiary/aromatic N) is 1. The first-order chi connectivity index (χ1) is 10.1. The van der Waals surface area contributed by atoms with Crippen LogP contribution in [0.3, 0.4) is 0 Å². The predicted octanol–water partition coefficient (Wildman–Crippen LogP) is 0.744. The van der Waals surface area contributed by atoms with Crippen LogP contribution in [0.5, 0.6) is 0 Å². The van der Waals surface area contributed by atoms with Crippen LogP contribution in [0, 0.1) is 5.92 Å². The summed E-state index contributed by atoms with van der Waals surface area (Å²) in [5, 5.41) is 0. The molecule has 0 aliphatic heterocycles. The minimum absolute atomic E-state index is 0.0126. The van der Waals surface area contributed by atoms with Crippen LogP contribution in [0.15, 0.2) is 29.2 Å². The molecule has 0 bridgehead atoms. The van der Waals surface area contributed by atoms with Gasteiger partial charge in [0.15, 0.2) is 0 Å². The highest BCUT2D eigenvalue weighted by Gasteiger charge is 2.18. The lowest BCUT2D eigenvalue weighted by Gasteiger charge is -2.12. The number of carbonyl (C=O) groups excluding carboxylic acids is 2. The smallest absolute Gasteiger partial charge is 0.269 e. The lowest BCUT2D eigenvalue weighted by molar-refractivity contribution is -0.122. The Morgan fingerprint density at radius 3 is 2.36 bits per heavy atom. The molecule has 1 aromatic rings. The highest BCUT2D eigenvalue weighted by Crippen LogP contribution is 2.14. The van der Waals surface area contributed by atoms with E-state index in [4.69, 9.17) is 0 Å². The van der Waals surface area contributed by atoms with Gasteiger partial charge in [0, 0.05) is 26.1 Å². The Morgan fingerprint density at radius 1 is 1.18 bits per heavy atom. The van der Waals surface area contributed by atoms with Crippen LogP contribution >= 0.6 is 0 Å². The molecule has 8 heteroatoms. The van der Waals surface area contributed by atoms with Crippen molar-refractivity contribution in [2.24, 2.45) is 5.92 Å². The van der Waals surface area contributed by atoms with Gasteiger partial charge in [-0.25, -0.2) is 12.7 Å². The number of amides is 2. The first-order valence-electron chi connectivity index (χ1n) is 6.76. The van der Waals surface area contributed by atoms with E-state index in [9.17, 15) is 18.0 Å². The minimum Gasteiger partial charge on any atom is -0.273 e. The number of hydrazine groups is 1. The zero-order valence-corrected chi connectivity index (χ0v) is 13.9. The minimum atomic E-state index is -3.61. The normalized spacial score (nSPS) is 11.5. The summed E-state index contributed by atoms with van der Waals surface area (Å²) in [4.78, 5) is 23.4. The summed E-state index contributed by atoms with van der Waals surface area (Å²) in [6.07, 6.45) is 0.287. The fraction of sp³-hybridized carbons (Fsp3) is 0.429. The summed E-state index contributed by atoms with van der Waals surface area (Å²) < 4.78 is 25.1. The van der Waals surface area contributed by atoms with Gasteiger partial charge in [-0.15, -0.1) is 0 Å².